The first kappa shape index (κ1) is 16.4. The lowest BCUT2D eigenvalue weighted by Gasteiger charge is -2.04. The lowest BCUT2D eigenvalue weighted by Crippen LogP contribution is -2.20. The van der Waals surface area contributed by atoms with E-state index in [4.69, 9.17) is 5.11 Å². The van der Waals surface area contributed by atoms with Crippen molar-refractivity contribution < 1.29 is 14.7 Å². The predicted molar refractivity (Wildman–Crippen MR) is 88.4 cm³/mol. The van der Waals surface area contributed by atoms with E-state index in [1.54, 1.807) is 4.68 Å². The molecule has 1 amide bonds. The minimum absolute atomic E-state index is 0.0671. The zero-order valence-corrected chi connectivity index (χ0v) is 13.7. The van der Waals surface area contributed by atoms with E-state index in [0.717, 1.165) is 17.3 Å². The number of carboxylic acid groups (broad SMARTS) is 1. The van der Waals surface area contributed by atoms with Crippen LogP contribution in [0.25, 0.3) is 0 Å². The van der Waals surface area contributed by atoms with Crippen molar-refractivity contribution in [2.24, 2.45) is 7.05 Å². The topological polar surface area (TPSA) is 115 Å². The van der Waals surface area contributed by atoms with Gasteiger partial charge in [-0.15, -0.1) is 5.10 Å². The zero-order valence-electron chi connectivity index (χ0n) is 13.7. The molecule has 1 aromatic carbocycles. The van der Waals surface area contributed by atoms with E-state index < -0.39 is 11.9 Å². The van der Waals surface area contributed by atoms with Crippen molar-refractivity contribution in [2.75, 3.05) is 5.32 Å². The Morgan fingerprint density at radius 3 is 2.84 bits per heavy atom. The summed E-state index contributed by atoms with van der Waals surface area (Å²) < 4.78 is 2.79. The summed E-state index contributed by atoms with van der Waals surface area (Å²) >= 11 is 0. The summed E-state index contributed by atoms with van der Waals surface area (Å²) in [5.74, 6) is -1.77. The van der Waals surface area contributed by atoms with Crippen LogP contribution in [0.4, 0.5) is 5.95 Å². The van der Waals surface area contributed by atoms with E-state index in [9.17, 15) is 9.59 Å². The highest BCUT2D eigenvalue weighted by atomic mass is 16.4. The van der Waals surface area contributed by atoms with Gasteiger partial charge in [-0.1, -0.05) is 29.8 Å². The van der Waals surface area contributed by atoms with Crippen molar-refractivity contribution in [1.82, 2.24) is 24.5 Å². The van der Waals surface area contributed by atoms with Gasteiger partial charge in [0.25, 0.3) is 5.91 Å². The molecule has 128 valence electrons. The monoisotopic (exact) mass is 340 g/mol. The van der Waals surface area contributed by atoms with Gasteiger partial charge in [-0.25, -0.2) is 14.5 Å². The molecule has 3 rings (SSSR count). The molecule has 2 N–H and O–H groups in total. The van der Waals surface area contributed by atoms with Crippen LogP contribution in [-0.2, 0) is 13.6 Å². The van der Waals surface area contributed by atoms with Gasteiger partial charge in [0.05, 0.1) is 12.7 Å². The molecule has 2 aromatic heterocycles. The van der Waals surface area contributed by atoms with Gasteiger partial charge < -0.3 is 5.11 Å². The van der Waals surface area contributed by atoms with E-state index in [1.165, 1.54) is 18.1 Å². The zero-order chi connectivity index (χ0) is 18.0. The average Bonchev–Trinajstić information content (AvgIpc) is 3.14. The van der Waals surface area contributed by atoms with Crippen molar-refractivity contribution in [2.45, 2.75) is 13.5 Å². The average molecular weight is 340 g/mol. The van der Waals surface area contributed by atoms with Gasteiger partial charge in [0.1, 0.15) is 17.6 Å². The Balaban J connectivity index is 1.74. The number of nitrogens with zero attached hydrogens (tertiary/aromatic N) is 5. The van der Waals surface area contributed by atoms with Gasteiger partial charge in [0, 0.05) is 7.05 Å². The Morgan fingerprint density at radius 1 is 1.32 bits per heavy atom. The molecule has 0 unspecified atom stereocenters. The Morgan fingerprint density at radius 2 is 2.12 bits per heavy atom. The van der Waals surface area contributed by atoms with Crippen LogP contribution >= 0.6 is 0 Å². The molecule has 0 fully saturated rings. The van der Waals surface area contributed by atoms with Crippen molar-refractivity contribution in [1.29, 1.82) is 0 Å². The molecule has 0 aliphatic rings. The maximum atomic E-state index is 12.3. The SMILES string of the molecule is Cc1cccc(Cn2cnc(NC(=O)c3c(C(=O)O)cnn3C)n2)c1. The molecule has 3 aromatic rings. The van der Waals surface area contributed by atoms with Gasteiger partial charge in [-0.2, -0.15) is 5.10 Å². The fourth-order valence-electron chi connectivity index (χ4n) is 2.45. The summed E-state index contributed by atoms with van der Waals surface area (Å²) in [6, 6.07) is 7.97. The maximum absolute atomic E-state index is 12.3. The number of anilines is 1. The van der Waals surface area contributed by atoms with Gasteiger partial charge in [0.2, 0.25) is 5.95 Å². The van der Waals surface area contributed by atoms with E-state index in [1.807, 2.05) is 31.2 Å². The number of aryl methyl sites for hydroxylation is 2. The Hall–Kier alpha value is -3.49. The summed E-state index contributed by atoms with van der Waals surface area (Å²) in [5, 5.41) is 19.6. The van der Waals surface area contributed by atoms with E-state index in [2.05, 4.69) is 20.5 Å². The highest BCUT2D eigenvalue weighted by Crippen LogP contribution is 2.11. The van der Waals surface area contributed by atoms with Gasteiger partial charge in [-0.05, 0) is 12.5 Å². The molecule has 25 heavy (non-hydrogen) atoms. The first-order valence-corrected chi connectivity index (χ1v) is 7.45. The number of nitrogens with one attached hydrogen (secondary N) is 1. The van der Waals surface area contributed by atoms with Crippen molar-refractivity contribution in [3.05, 3.63) is 59.2 Å². The lowest BCUT2D eigenvalue weighted by atomic mass is 10.1. The van der Waals surface area contributed by atoms with Crippen molar-refractivity contribution in [3.63, 3.8) is 0 Å². The van der Waals surface area contributed by atoms with E-state index >= 15 is 0 Å². The molecular formula is C16H16N6O3. The number of aromatic nitrogens is 5. The number of carbonyl (C=O) groups excluding carboxylic acids is 1. The van der Waals surface area contributed by atoms with Crippen LogP contribution in [0.3, 0.4) is 0 Å². The second kappa shape index (κ2) is 6.56. The van der Waals surface area contributed by atoms with E-state index in [0.29, 0.717) is 6.54 Å². The first-order chi connectivity index (χ1) is 11.9. The van der Waals surface area contributed by atoms with Crippen LogP contribution in [0.5, 0.6) is 0 Å². The third kappa shape index (κ3) is 3.55. The van der Waals surface area contributed by atoms with Crippen LogP contribution < -0.4 is 5.32 Å². The predicted octanol–water partition coefficient (Wildman–Crippen LogP) is 1.32. The highest BCUT2D eigenvalue weighted by Gasteiger charge is 2.22. The van der Waals surface area contributed by atoms with Crippen molar-refractivity contribution >= 4 is 17.8 Å². The number of rotatable bonds is 5. The highest BCUT2D eigenvalue weighted by molar-refractivity contribution is 6.08. The molecule has 9 nitrogen and oxygen atoms in total. The Labute approximate surface area is 142 Å². The molecule has 0 saturated heterocycles. The Kier molecular flexibility index (Phi) is 4.29. The molecule has 9 heteroatoms. The van der Waals surface area contributed by atoms with Crippen molar-refractivity contribution in [3.8, 4) is 0 Å². The largest absolute Gasteiger partial charge is 0.478 e. The number of hydrogen-bond donors (Lipinski definition) is 2. The minimum atomic E-state index is -1.23. The standard InChI is InChI=1S/C16H16N6O3/c1-10-4-3-5-11(6-10)8-22-9-17-16(20-22)19-14(23)13-12(15(24)25)7-18-21(13)2/h3-7,9H,8H2,1-2H3,(H,24,25)(H,19,20,23). The second-order valence-corrected chi connectivity index (χ2v) is 5.54. The molecule has 0 atom stereocenters. The molecule has 0 aliphatic carbocycles. The normalized spacial score (nSPS) is 10.6. The summed E-state index contributed by atoms with van der Waals surface area (Å²) in [7, 11) is 1.49. The number of hydrogen-bond acceptors (Lipinski definition) is 5. The van der Waals surface area contributed by atoms with Crippen LogP contribution in [0, 0.1) is 6.92 Å². The molecule has 2 heterocycles. The second-order valence-electron chi connectivity index (χ2n) is 5.54. The summed E-state index contributed by atoms with van der Waals surface area (Å²) in [6.07, 6.45) is 2.63. The minimum Gasteiger partial charge on any atom is -0.478 e. The molecule has 0 bridgehead atoms. The summed E-state index contributed by atoms with van der Waals surface area (Å²) in [5.41, 5.74) is 1.95. The number of benzene rings is 1. The third-order valence-corrected chi connectivity index (χ3v) is 3.57. The number of aromatic carboxylic acids is 1. The van der Waals surface area contributed by atoms with Gasteiger partial charge in [-0.3, -0.25) is 14.8 Å². The van der Waals surface area contributed by atoms with Gasteiger partial charge in [0.15, 0.2) is 0 Å². The summed E-state index contributed by atoms with van der Waals surface area (Å²) in [4.78, 5) is 27.5. The number of carboxylic acids is 1. The molecule has 0 radical (unpaired) electrons. The van der Waals surface area contributed by atoms with Crippen LogP contribution in [-0.4, -0.2) is 41.5 Å². The number of amides is 1. The van der Waals surface area contributed by atoms with Gasteiger partial charge >= 0.3 is 5.97 Å². The fraction of sp³-hybridized carbons (Fsp3) is 0.188. The van der Waals surface area contributed by atoms with Crippen LogP contribution in [0.2, 0.25) is 0 Å². The van der Waals surface area contributed by atoms with Crippen LogP contribution in [0.15, 0.2) is 36.8 Å². The molecular weight excluding hydrogens is 324 g/mol. The molecule has 0 aliphatic heterocycles. The summed E-state index contributed by atoms with van der Waals surface area (Å²) in [6.45, 7) is 2.51. The quantitative estimate of drug-likeness (QED) is 0.724. The molecule has 0 saturated carbocycles. The Bertz CT molecular complexity index is 943. The maximum Gasteiger partial charge on any atom is 0.339 e. The smallest absolute Gasteiger partial charge is 0.339 e. The fourth-order valence-corrected chi connectivity index (χ4v) is 2.45. The first-order valence-electron chi connectivity index (χ1n) is 7.45. The molecule has 0 spiro atoms. The van der Waals surface area contributed by atoms with E-state index in [-0.39, 0.29) is 17.2 Å². The number of carbonyl (C=O) groups is 2. The third-order valence-electron chi connectivity index (χ3n) is 3.57. The lowest BCUT2D eigenvalue weighted by molar-refractivity contribution is 0.0692. The van der Waals surface area contributed by atoms with Crippen LogP contribution in [0.1, 0.15) is 32.0 Å².